The van der Waals surface area contributed by atoms with Crippen LogP contribution < -0.4 is 0 Å². The highest BCUT2D eigenvalue weighted by molar-refractivity contribution is 7.99. The molecule has 5 heteroatoms. The third-order valence-electron chi connectivity index (χ3n) is 2.41. The average molecular weight is 269 g/mol. The van der Waals surface area contributed by atoms with Gasteiger partial charge in [-0.2, -0.15) is 5.10 Å². The Hall–Kier alpha value is -0.970. The first-order valence-corrected chi connectivity index (χ1v) is 6.38. The van der Waals surface area contributed by atoms with Crippen molar-refractivity contribution in [3.8, 4) is 0 Å². The number of aryl methyl sites for hydroxylation is 2. The second-order valence-electron chi connectivity index (χ2n) is 3.72. The molecule has 0 amide bonds. The van der Waals surface area contributed by atoms with Gasteiger partial charge in [0.15, 0.2) is 0 Å². The lowest BCUT2D eigenvalue weighted by molar-refractivity contribution is 0.279. The Labute approximate surface area is 109 Å². The summed E-state index contributed by atoms with van der Waals surface area (Å²) in [5.74, 6) is 0. The molecule has 0 saturated carbocycles. The number of benzene rings is 1. The molecule has 3 nitrogen and oxygen atoms in total. The monoisotopic (exact) mass is 268 g/mol. The molecule has 2 aromatic rings. The van der Waals surface area contributed by atoms with Crippen molar-refractivity contribution in [3.05, 3.63) is 40.5 Å². The Morgan fingerprint density at radius 2 is 2.24 bits per heavy atom. The van der Waals surface area contributed by atoms with E-state index in [9.17, 15) is 5.11 Å². The van der Waals surface area contributed by atoms with Crippen molar-refractivity contribution >= 4 is 23.4 Å². The van der Waals surface area contributed by atoms with E-state index >= 15 is 0 Å². The van der Waals surface area contributed by atoms with E-state index in [0.717, 1.165) is 21.2 Å². The molecule has 0 radical (unpaired) electrons. The summed E-state index contributed by atoms with van der Waals surface area (Å²) in [5.41, 5.74) is 1.74. The van der Waals surface area contributed by atoms with Crippen molar-refractivity contribution in [1.82, 2.24) is 9.78 Å². The number of hydrogen-bond acceptors (Lipinski definition) is 3. The number of aliphatic hydroxyl groups is 1. The quantitative estimate of drug-likeness (QED) is 0.930. The van der Waals surface area contributed by atoms with Gasteiger partial charge in [0.05, 0.1) is 17.3 Å². The van der Waals surface area contributed by atoms with Crippen LogP contribution in [0.2, 0.25) is 5.02 Å². The van der Waals surface area contributed by atoms with Crippen LogP contribution in [0.1, 0.15) is 11.3 Å². The number of hydrogen-bond donors (Lipinski definition) is 1. The first-order valence-electron chi connectivity index (χ1n) is 5.18. The highest BCUT2D eigenvalue weighted by atomic mass is 35.5. The van der Waals surface area contributed by atoms with Crippen LogP contribution in [0.25, 0.3) is 0 Å². The van der Waals surface area contributed by atoms with E-state index in [-0.39, 0.29) is 6.61 Å². The number of halogens is 1. The Morgan fingerprint density at radius 1 is 1.47 bits per heavy atom. The van der Waals surface area contributed by atoms with Gasteiger partial charge in [-0.05, 0) is 25.1 Å². The third kappa shape index (κ3) is 2.65. The highest BCUT2D eigenvalue weighted by Gasteiger charge is 2.10. The predicted octanol–water partition coefficient (Wildman–Crippen LogP) is 3.03. The smallest absolute Gasteiger partial charge is 0.0987 e. The maximum atomic E-state index is 9.33. The minimum Gasteiger partial charge on any atom is -0.392 e. The van der Waals surface area contributed by atoms with Gasteiger partial charge in [-0.1, -0.05) is 29.4 Å². The summed E-state index contributed by atoms with van der Waals surface area (Å²) in [5, 5.41) is 15.2. The van der Waals surface area contributed by atoms with E-state index in [4.69, 9.17) is 11.6 Å². The minimum atomic E-state index is -0.0567. The zero-order valence-electron chi connectivity index (χ0n) is 9.64. The van der Waals surface area contributed by atoms with Crippen LogP contribution in [0, 0.1) is 6.92 Å². The fourth-order valence-corrected chi connectivity index (χ4v) is 2.95. The van der Waals surface area contributed by atoms with Crippen LogP contribution in [0.5, 0.6) is 0 Å². The standard InChI is InChI=1S/C12H13ClN2OS/c1-8-6-12(15(2)14-8)17-11-5-3-4-10(13)9(11)7-16/h3-6,16H,7H2,1-2H3. The van der Waals surface area contributed by atoms with Crippen molar-refractivity contribution in [2.75, 3.05) is 0 Å². The molecular weight excluding hydrogens is 256 g/mol. The summed E-state index contributed by atoms with van der Waals surface area (Å²) in [7, 11) is 1.90. The number of nitrogens with zero attached hydrogens (tertiary/aromatic N) is 2. The van der Waals surface area contributed by atoms with E-state index in [1.165, 1.54) is 0 Å². The summed E-state index contributed by atoms with van der Waals surface area (Å²) >= 11 is 7.60. The number of aromatic nitrogens is 2. The second kappa shape index (κ2) is 5.12. The van der Waals surface area contributed by atoms with E-state index in [1.54, 1.807) is 17.8 Å². The molecular formula is C12H13ClN2OS. The first kappa shape index (κ1) is 12.5. The lowest BCUT2D eigenvalue weighted by Gasteiger charge is -2.08. The summed E-state index contributed by atoms with van der Waals surface area (Å²) in [4.78, 5) is 0.961. The Kier molecular flexibility index (Phi) is 3.76. The molecule has 0 atom stereocenters. The Bertz CT molecular complexity index is 539. The SMILES string of the molecule is Cc1cc(Sc2cccc(Cl)c2CO)n(C)n1. The van der Waals surface area contributed by atoms with Crippen molar-refractivity contribution in [2.24, 2.45) is 7.05 Å². The predicted molar refractivity (Wildman–Crippen MR) is 69.4 cm³/mol. The van der Waals surface area contributed by atoms with Gasteiger partial charge in [0.2, 0.25) is 0 Å². The van der Waals surface area contributed by atoms with Crippen LogP contribution in [-0.4, -0.2) is 14.9 Å². The van der Waals surface area contributed by atoms with Crippen LogP contribution in [-0.2, 0) is 13.7 Å². The van der Waals surface area contributed by atoms with E-state index in [1.807, 2.05) is 36.9 Å². The molecule has 0 saturated heterocycles. The normalized spacial score (nSPS) is 10.8. The summed E-state index contributed by atoms with van der Waals surface area (Å²) in [6, 6.07) is 7.62. The molecule has 0 aliphatic carbocycles. The summed E-state index contributed by atoms with van der Waals surface area (Å²) < 4.78 is 1.82. The molecule has 0 fully saturated rings. The highest BCUT2D eigenvalue weighted by Crippen LogP contribution is 2.33. The van der Waals surface area contributed by atoms with Gasteiger partial charge in [0, 0.05) is 22.5 Å². The molecule has 17 heavy (non-hydrogen) atoms. The average Bonchev–Trinajstić information content (AvgIpc) is 2.58. The second-order valence-corrected chi connectivity index (χ2v) is 5.19. The van der Waals surface area contributed by atoms with Crippen molar-refractivity contribution in [1.29, 1.82) is 0 Å². The molecule has 0 bridgehead atoms. The van der Waals surface area contributed by atoms with E-state index in [2.05, 4.69) is 5.10 Å². The van der Waals surface area contributed by atoms with Gasteiger partial charge in [0.1, 0.15) is 0 Å². The lowest BCUT2D eigenvalue weighted by Crippen LogP contribution is -1.94. The molecule has 0 unspecified atom stereocenters. The topological polar surface area (TPSA) is 38.0 Å². The molecule has 1 aromatic heterocycles. The molecule has 90 valence electrons. The third-order valence-corrected chi connectivity index (χ3v) is 3.96. The van der Waals surface area contributed by atoms with E-state index < -0.39 is 0 Å². The van der Waals surface area contributed by atoms with Crippen molar-refractivity contribution < 1.29 is 5.11 Å². The summed E-state index contributed by atoms with van der Waals surface area (Å²) in [6.45, 7) is 1.90. The van der Waals surface area contributed by atoms with Gasteiger partial charge >= 0.3 is 0 Å². The Morgan fingerprint density at radius 3 is 2.82 bits per heavy atom. The number of rotatable bonds is 3. The van der Waals surface area contributed by atoms with Crippen LogP contribution in [0.15, 0.2) is 34.2 Å². The minimum absolute atomic E-state index is 0.0567. The van der Waals surface area contributed by atoms with Gasteiger partial charge < -0.3 is 5.11 Å². The van der Waals surface area contributed by atoms with Crippen LogP contribution in [0.4, 0.5) is 0 Å². The van der Waals surface area contributed by atoms with E-state index in [0.29, 0.717) is 5.02 Å². The first-order chi connectivity index (χ1) is 8.11. The fraction of sp³-hybridized carbons (Fsp3) is 0.250. The summed E-state index contributed by atoms with van der Waals surface area (Å²) in [6.07, 6.45) is 0. The lowest BCUT2D eigenvalue weighted by atomic mass is 10.2. The number of aliphatic hydroxyl groups excluding tert-OH is 1. The molecule has 1 N–H and O–H groups in total. The van der Waals surface area contributed by atoms with Gasteiger partial charge in [0.25, 0.3) is 0 Å². The van der Waals surface area contributed by atoms with Crippen molar-refractivity contribution in [3.63, 3.8) is 0 Å². The van der Waals surface area contributed by atoms with Gasteiger partial charge in [-0.25, -0.2) is 0 Å². The zero-order valence-corrected chi connectivity index (χ0v) is 11.2. The molecule has 1 aromatic carbocycles. The Balaban J connectivity index is 2.36. The molecule has 0 spiro atoms. The van der Waals surface area contributed by atoms with Crippen LogP contribution >= 0.6 is 23.4 Å². The maximum Gasteiger partial charge on any atom is 0.0987 e. The molecule has 1 heterocycles. The molecule has 2 rings (SSSR count). The van der Waals surface area contributed by atoms with Crippen molar-refractivity contribution in [2.45, 2.75) is 23.5 Å². The maximum absolute atomic E-state index is 9.33. The largest absolute Gasteiger partial charge is 0.392 e. The van der Waals surface area contributed by atoms with Crippen LogP contribution in [0.3, 0.4) is 0 Å². The zero-order chi connectivity index (χ0) is 12.4. The molecule has 0 aliphatic rings. The fourth-order valence-electron chi connectivity index (χ4n) is 1.58. The van der Waals surface area contributed by atoms with Gasteiger partial charge in [-0.15, -0.1) is 0 Å². The molecule has 0 aliphatic heterocycles. The van der Waals surface area contributed by atoms with Gasteiger partial charge in [-0.3, -0.25) is 4.68 Å².